The minimum absolute atomic E-state index is 0.0646. The molecule has 0 saturated heterocycles. The second-order valence-corrected chi connectivity index (χ2v) is 6.08. The van der Waals surface area contributed by atoms with Crippen LogP contribution in [0.1, 0.15) is 30.9 Å². The molecule has 7 nitrogen and oxygen atoms in total. The molecule has 0 radical (unpaired) electrons. The third-order valence-electron chi connectivity index (χ3n) is 4.28. The van der Waals surface area contributed by atoms with E-state index in [1.54, 1.807) is 12.3 Å². The lowest BCUT2D eigenvalue weighted by atomic mass is 10.0. The van der Waals surface area contributed by atoms with E-state index in [2.05, 4.69) is 20.8 Å². The topological polar surface area (TPSA) is 113 Å². The number of amides is 2. The van der Waals surface area contributed by atoms with Crippen LogP contribution in [0.25, 0.3) is 0 Å². The average Bonchev–Trinajstić information content (AvgIpc) is 3.24. The van der Waals surface area contributed by atoms with Crippen LogP contribution in [-0.2, 0) is 9.59 Å². The van der Waals surface area contributed by atoms with Crippen molar-refractivity contribution in [3.8, 4) is 0 Å². The molecule has 24 heavy (non-hydrogen) atoms. The third-order valence-corrected chi connectivity index (χ3v) is 4.28. The number of H-pyrrole nitrogens is 1. The van der Waals surface area contributed by atoms with Crippen molar-refractivity contribution >= 4 is 17.6 Å². The van der Waals surface area contributed by atoms with Crippen molar-refractivity contribution in [2.75, 3.05) is 5.32 Å². The second-order valence-electron chi connectivity index (χ2n) is 6.08. The zero-order valence-electron chi connectivity index (χ0n) is 13.2. The summed E-state index contributed by atoms with van der Waals surface area (Å²) in [5.41, 5.74) is 6.61. The zero-order valence-corrected chi connectivity index (χ0v) is 13.2. The lowest BCUT2D eigenvalue weighted by Gasteiger charge is -2.20. The highest BCUT2D eigenvalue weighted by Gasteiger charge is 2.31. The summed E-state index contributed by atoms with van der Waals surface area (Å²) in [6.45, 7) is 0. The van der Waals surface area contributed by atoms with Crippen molar-refractivity contribution in [3.05, 3.63) is 48.2 Å². The number of benzene rings is 1. The maximum Gasteiger partial charge on any atom is 0.252 e. The Labute approximate surface area is 140 Å². The van der Waals surface area contributed by atoms with E-state index in [-0.39, 0.29) is 23.8 Å². The minimum Gasteiger partial charge on any atom is -0.340 e. The van der Waals surface area contributed by atoms with Crippen LogP contribution in [0.3, 0.4) is 0 Å². The van der Waals surface area contributed by atoms with Crippen LogP contribution >= 0.6 is 0 Å². The van der Waals surface area contributed by atoms with Crippen LogP contribution < -0.4 is 16.4 Å². The van der Waals surface area contributed by atoms with Gasteiger partial charge in [0.1, 0.15) is 11.9 Å². The molecule has 126 valence electrons. The molecule has 2 aromatic rings. The molecule has 1 saturated carbocycles. The molecule has 0 aliphatic heterocycles. The molecule has 1 aromatic carbocycles. The summed E-state index contributed by atoms with van der Waals surface area (Å²) in [6.07, 6.45) is 3.81. The second kappa shape index (κ2) is 7.27. The molecule has 3 atom stereocenters. The fourth-order valence-electron chi connectivity index (χ4n) is 2.99. The number of nitrogens with one attached hydrogen (secondary N) is 3. The van der Waals surface area contributed by atoms with E-state index in [4.69, 9.17) is 5.73 Å². The Morgan fingerprint density at radius 2 is 2.00 bits per heavy atom. The number of hydrogen-bond acceptors (Lipinski definition) is 4. The van der Waals surface area contributed by atoms with Crippen molar-refractivity contribution in [2.45, 2.75) is 31.3 Å². The summed E-state index contributed by atoms with van der Waals surface area (Å²) < 4.78 is 0. The number of carbonyl (C=O) groups excluding carboxylic acids is 2. The number of nitrogens with two attached hydrogens (primary N) is 1. The largest absolute Gasteiger partial charge is 0.340 e. The quantitative estimate of drug-likeness (QED) is 0.663. The van der Waals surface area contributed by atoms with E-state index in [1.807, 2.05) is 30.3 Å². The normalized spacial score (nSPS) is 21.2. The number of rotatable bonds is 5. The van der Waals surface area contributed by atoms with Crippen molar-refractivity contribution < 1.29 is 9.59 Å². The lowest BCUT2D eigenvalue weighted by Crippen LogP contribution is -2.40. The number of nitrogens with zero attached hydrogens (tertiary/aromatic N) is 1. The smallest absolute Gasteiger partial charge is 0.252 e. The van der Waals surface area contributed by atoms with E-state index in [9.17, 15) is 9.59 Å². The SMILES string of the molecule is NC1CCC(C(=O)NC(C(=O)Nc2ccn[nH]2)c2ccccc2)C1. The highest BCUT2D eigenvalue weighted by Crippen LogP contribution is 2.25. The summed E-state index contributed by atoms with van der Waals surface area (Å²) in [5, 5.41) is 12.1. The van der Waals surface area contributed by atoms with Gasteiger partial charge in [-0.15, -0.1) is 0 Å². The predicted molar refractivity (Wildman–Crippen MR) is 89.9 cm³/mol. The van der Waals surface area contributed by atoms with Crippen LogP contribution in [0.15, 0.2) is 42.6 Å². The molecule has 3 rings (SSSR count). The first-order valence-electron chi connectivity index (χ1n) is 8.04. The fraction of sp³-hybridized carbons (Fsp3) is 0.353. The Morgan fingerprint density at radius 1 is 1.21 bits per heavy atom. The zero-order chi connectivity index (χ0) is 16.9. The summed E-state index contributed by atoms with van der Waals surface area (Å²) in [6, 6.07) is 10.1. The Morgan fingerprint density at radius 3 is 2.62 bits per heavy atom. The van der Waals surface area contributed by atoms with Gasteiger partial charge in [0.05, 0.1) is 6.20 Å². The first-order valence-corrected chi connectivity index (χ1v) is 8.04. The minimum atomic E-state index is -0.765. The van der Waals surface area contributed by atoms with E-state index >= 15 is 0 Å². The first kappa shape index (κ1) is 16.2. The summed E-state index contributed by atoms with van der Waals surface area (Å²) in [5.74, 6) is -0.0955. The van der Waals surface area contributed by atoms with Gasteiger partial charge in [-0.05, 0) is 24.8 Å². The Balaban J connectivity index is 1.74. The van der Waals surface area contributed by atoms with Crippen LogP contribution in [0.4, 0.5) is 5.82 Å². The van der Waals surface area contributed by atoms with E-state index in [0.717, 1.165) is 18.4 Å². The maximum atomic E-state index is 12.6. The molecule has 0 spiro atoms. The van der Waals surface area contributed by atoms with Gasteiger partial charge < -0.3 is 16.4 Å². The molecule has 2 amide bonds. The predicted octanol–water partition coefficient (Wildman–Crippen LogP) is 1.33. The third kappa shape index (κ3) is 3.80. The lowest BCUT2D eigenvalue weighted by molar-refractivity contribution is -0.129. The average molecular weight is 327 g/mol. The van der Waals surface area contributed by atoms with Crippen molar-refractivity contribution in [2.24, 2.45) is 11.7 Å². The Kier molecular flexibility index (Phi) is 4.90. The highest BCUT2D eigenvalue weighted by atomic mass is 16.2. The van der Waals surface area contributed by atoms with Crippen molar-refractivity contribution in [1.82, 2.24) is 15.5 Å². The van der Waals surface area contributed by atoms with Crippen LogP contribution in [0, 0.1) is 5.92 Å². The molecule has 5 N–H and O–H groups in total. The molecule has 1 fully saturated rings. The number of aromatic amines is 1. The Bertz CT molecular complexity index is 686. The molecule has 1 aliphatic carbocycles. The summed E-state index contributed by atoms with van der Waals surface area (Å²) in [4.78, 5) is 25.1. The number of anilines is 1. The number of hydrogen-bond donors (Lipinski definition) is 4. The molecular weight excluding hydrogens is 306 g/mol. The van der Waals surface area contributed by atoms with Gasteiger partial charge in [0.25, 0.3) is 5.91 Å². The van der Waals surface area contributed by atoms with Gasteiger partial charge in [0.2, 0.25) is 5.91 Å². The highest BCUT2D eigenvalue weighted by molar-refractivity contribution is 5.97. The number of carbonyl (C=O) groups is 2. The van der Waals surface area contributed by atoms with Gasteiger partial charge in [0.15, 0.2) is 0 Å². The summed E-state index contributed by atoms with van der Waals surface area (Å²) in [7, 11) is 0. The molecule has 7 heteroatoms. The van der Waals surface area contributed by atoms with Crippen molar-refractivity contribution in [1.29, 1.82) is 0 Å². The first-order chi connectivity index (χ1) is 11.6. The van der Waals surface area contributed by atoms with Crippen LogP contribution in [0.2, 0.25) is 0 Å². The van der Waals surface area contributed by atoms with Gasteiger partial charge in [0, 0.05) is 18.0 Å². The maximum absolute atomic E-state index is 12.6. The molecular formula is C17H21N5O2. The molecule has 1 aliphatic rings. The fourth-order valence-corrected chi connectivity index (χ4v) is 2.99. The van der Waals surface area contributed by atoms with E-state index in [1.165, 1.54) is 0 Å². The Hall–Kier alpha value is -2.67. The van der Waals surface area contributed by atoms with E-state index < -0.39 is 6.04 Å². The van der Waals surface area contributed by atoms with Gasteiger partial charge in [-0.3, -0.25) is 14.7 Å². The molecule has 1 aromatic heterocycles. The van der Waals surface area contributed by atoms with Gasteiger partial charge in [-0.25, -0.2) is 0 Å². The number of aromatic nitrogens is 2. The van der Waals surface area contributed by atoms with Gasteiger partial charge in [-0.2, -0.15) is 5.10 Å². The van der Waals surface area contributed by atoms with Crippen molar-refractivity contribution in [3.63, 3.8) is 0 Å². The standard InChI is InChI=1S/C17H21N5O2/c18-13-7-6-12(10-13)16(23)21-15(11-4-2-1-3-5-11)17(24)20-14-8-9-19-22-14/h1-5,8-9,12-13,15H,6-7,10,18H2,(H,21,23)(H2,19,20,22,24). The van der Waals surface area contributed by atoms with Gasteiger partial charge >= 0.3 is 0 Å². The van der Waals surface area contributed by atoms with Gasteiger partial charge in [-0.1, -0.05) is 30.3 Å². The van der Waals surface area contributed by atoms with Crippen LogP contribution in [0.5, 0.6) is 0 Å². The van der Waals surface area contributed by atoms with Crippen LogP contribution in [-0.4, -0.2) is 28.1 Å². The molecule has 1 heterocycles. The summed E-state index contributed by atoms with van der Waals surface area (Å²) >= 11 is 0. The van der Waals surface area contributed by atoms with E-state index in [0.29, 0.717) is 12.2 Å². The monoisotopic (exact) mass is 327 g/mol. The molecule has 3 unspecified atom stereocenters. The molecule has 0 bridgehead atoms.